The molecule has 0 bridgehead atoms. The Morgan fingerprint density at radius 3 is 2.47 bits per heavy atom. The topological polar surface area (TPSA) is 29.5 Å². The molecule has 106 valence electrons. The summed E-state index contributed by atoms with van der Waals surface area (Å²) in [5.41, 5.74) is 0.742. The van der Waals surface area contributed by atoms with Crippen LogP contribution in [0.3, 0.4) is 0 Å². The number of hydrogen-bond acceptors (Lipinski definition) is 4. The lowest BCUT2D eigenvalue weighted by molar-refractivity contribution is 0.0925. The van der Waals surface area contributed by atoms with Crippen molar-refractivity contribution >= 4 is 17.5 Å². The van der Waals surface area contributed by atoms with E-state index in [4.69, 9.17) is 4.74 Å². The highest BCUT2D eigenvalue weighted by Crippen LogP contribution is 2.13. The minimum absolute atomic E-state index is 0.157. The van der Waals surface area contributed by atoms with E-state index in [-0.39, 0.29) is 5.78 Å². The first-order valence-electron chi connectivity index (χ1n) is 6.48. The summed E-state index contributed by atoms with van der Waals surface area (Å²) in [5, 5.41) is 0. The van der Waals surface area contributed by atoms with Gasteiger partial charge in [-0.1, -0.05) is 6.92 Å². The van der Waals surface area contributed by atoms with Crippen molar-refractivity contribution in [2.24, 2.45) is 0 Å². The van der Waals surface area contributed by atoms with Crippen LogP contribution in [0.25, 0.3) is 0 Å². The maximum Gasteiger partial charge on any atom is 0.176 e. The van der Waals surface area contributed by atoms with Gasteiger partial charge in [0.2, 0.25) is 0 Å². The molecule has 0 heterocycles. The van der Waals surface area contributed by atoms with E-state index < -0.39 is 0 Å². The van der Waals surface area contributed by atoms with Crippen LogP contribution >= 0.6 is 11.8 Å². The number of benzene rings is 1. The second-order valence-corrected chi connectivity index (χ2v) is 5.49. The minimum Gasteiger partial charge on any atom is -0.497 e. The van der Waals surface area contributed by atoms with Crippen molar-refractivity contribution in [3.05, 3.63) is 29.8 Å². The normalized spacial score (nSPS) is 12.5. The number of carbonyl (C=O) groups excluding carboxylic acids is 1. The first kappa shape index (κ1) is 16.1. The Hall–Kier alpha value is -1.00. The van der Waals surface area contributed by atoms with Gasteiger partial charge in [0.1, 0.15) is 5.75 Å². The monoisotopic (exact) mass is 281 g/mol. The van der Waals surface area contributed by atoms with E-state index in [1.165, 1.54) is 0 Å². The van der Waals surface area contributed by atoms with E-state index >= 15 is 0 Å². The summed E-state index contributed by atoms with van der Waals surface area (Å²) in [6.07, 6.45) is 3.16. The van der Waals surface area contributed by atoms with Crippen molar-refractivity contribution in [2.45, 2.75) is 19.4 Å². The number of Topliss-reactive ketones (excluding diaryl/α,β-unsaturated/α-hetero) is 1. The summed E-state index contributed by atoms with van der Waals surface area (Å²) in [6.45, 7) is 2.63. The largest absolute Gasteiger partial charge is 0.497 e. The quantitative estimate of drug-likeness (QED) is 0.685. The first-order valence-corrected chi connectivity index (χ1v) is 7.88. The number of hydrogen-bond donors (Lipinski definition) is 0. The van der Waals surface area contributed by atoms with E-state index in [9.17, 15) is 4.79 Å². The molecule has 0 N–H and O–H groups in total. The van der Waals surface area contributed by atoms with Gasteiger partial charge in [-0.15, -0.1) is 0 Å². The molecule has 4 heteroatoms. The average Bonchev–Trinajstić information content (AvgIpc) is 2.44. The molecule has 1 unspecified atom stereocenters. The second-order valence-electron chi connectivity index (χ2n) is 4.58. The SMILES string of the molecule is CCC(CSC)N(C)CC(=O)c1ccc(OC)cc1. The van der Waals surface area contributed by atoms with Crippen molar-refractivity contribution in [3.63, 3.8) is 0 Å². The molecule has 1 aromatic carbocycles. The number of methoxy groups -OCH3 is 1. The molecule has 0 aliphatic carbocycles. The zero-order chi connectivity index (χ0) is 14.3. The summed E-state index contributed by atoms with van der Waals surface area (Å²) in [4.78, 5) is 14.3. The third-order valence-electron chi connectivity index (χ3n) is 3.26. The number of rotatable bonds is 8. The molecule has 0 spiro atoms. The number of ketones is 1. The van der Waals surface area contributed by atoms with Crippen LogP contribution in [0.15, 0.2) is 24.3 Å². The van der Waals surface area contributed by atoms with Gasteiger partial charge in [0, 0.05) is 17.4 Å². The third-order valence-corrected chi connectivity index (χ3v) is 3.98. The molecule has 1 rings (SSSR count). The van der Waals surface area contributed by atoms with Gasteiger partial charge in [-0.25, -0.2) is 0 Å². The van der Waals surface area contributed by atoms with Gasteiger partial charge in [0.25, 0.3) is 0 Å². The highest BCUT2D eigenvalue weighted by molar-refractivity contribution is 7.98. The number of likely N-dealkylation sites (N-methyl/N-ethyl adjacent to an activating group) is 1. The first-order chi connectivity index (χ1) is 9.12. The molecule has 3 nitrogen and oxygen atoms in total. The Morgan fingerprint density at radius 1 is 1.37 bits per heavy atom. The van der Waals surface area contributed by atoms with Gasteiger partial charge < -0.3 is 4.74 Å². The summed E-state index contributed by atoms with van der Waals surface area (Å²) >= 11 is 1.82. The van der Waals surface area contributed by atoms with Crippen molar-refractivity contribution in [2.75, 3.05) is 32.7 Å². The number of carbonyl (C=O) groups is 1. The molecule has 0 saturated heterocycles. The van der Waals surface area contributed by atoms with E-state index in [0.29, 0.717) is 12.6 Å². The summed E-state index contributed by atoms with van der Waals surface area (Å²) in [7, 11) is 3.64. The van der Waals surface area contributed by atoms with Crippen LogP contribution in [0.4, 0.5) is 0 Å². The zero-order valence-electron chi connectivity index (χ0n) is 12.2. The fourth-order valence-electron chi connectivity index (χ4n) is 1.97. The molecule has 0 saturated carbocycles. The lowest BCUT2D eigenvalue weighted by Crippen LogP contribution is -2.37. The van der Waals surface area contributed by atoms with Crippen molar-refractivity contribution in [1.82, 2.24) is 4.90 Å². The van der Waals surface area contributed by atoms with Gasteiger partial charge in [-0.05, 0) is 44.0 Å². The Morgan fingerprint density at radius 2 is 2.00 bits per heavy atom. The Bertz CT molecular complexity index is 392. The molecule has 1 atom stereocenters. The number of thioether (sulfide) groups is 1. The molecule has 1 aromatic rings. The molecule has 0 aromatic heterocycles. The fraction of sp³-hybridized carbons (Fsp3) is 0.533. The van der Waals surface area contributed by atoms with E-state index in [1.54, 1.807) is 7.11 Å². The summed E-state index contributed by atoms with van der Waals surface area (Å²) < 4.78 is 5.09. The van der Waals surface area contributed by atoms with E-state index in [0.717, 1.165) is 23.5 Å². The van der Waals surface area contributed by atoms with Crippen LogP contribution in [0.2, 0.25) is 0 Å². The van der Waals surface area contributed by atoms with Crippen LogP contribution in [-0.4, -0.2) is 49.4 Å². The van der Waals surface area contributed by atoms with Crippen molar-refractivity contribution < 1.29 is 9.53 Å². The molecule has 0 radical (unpaired) electrons. The lowest BCUT2D eigenvalue weighted by atomic mass is 10.1. The third kappa shape index (κ3) is 4.88. The zero-order valence-corrected chi connectivity index (χ0v) is 13.0. The maximum atomic E-state index is 12.2. The molecule has 0 aliphatic rings. The van der Waals surface area contributed by atoms with Gasteiger partial charge in [-0.3, -0.25) is 9.69 Å². The molecule has 0 aliphatic heterocycles. The van der Waals surface area contributed by atoms with Crippen LogP contribution in [-0.2, 0) is 0 Å². The van der Waals surface area contributed by atoms with E-state index in [1.807, 2.05) is 43.1 Å². The van der Waals surface area contributed by atoms with Crippen molar-refractivity contribution in [3.8, 4) is 5.75 Å². The van der Waals surface area contributed by atoms with Crippen LogP contribution < -0.4 is 4.74 Å². The van der Waals surface area contributed by atoms with Gasteiger partial charge in [0.15, 0.2) is 5.78 Å². The molecule has 0 fully saturated rings. The van der Waals surface area contributed by atoms with Crippen LogP contribution in [0.1, 0.15) is 23.7 Å². The summed E-state index contributed by atoms with van der Waals surface area (Å²) in [5.74, 6) is 1.99. The Labute approximate surface area is 120 Å². The average molecular weight is 281 g/mol. The van der Waals surface area contributed by atoms with Gasteiger partial charge in [-0.2, -0.15) is 11.8 Å². The summed E-state index contributed by atoms with van der Waals surface area (Å²) in [6, 6.07) is 7.76. The van der Waals surface area contributed by atoms with Gasteiger partial charge in [0.05, 0.1) is 13.7 Å². The molecule has 19 heavy (non-hydrogen) atoms. The Balaban J connectivity index is 2.62. The fourth-order valence-corrected chi connectivity index (χ4v) is 2.85. The highest BCUT2D eigenvalue weighted by atomic mass is 32.2. The number of ether oxygens (including phenoxy) is 1. The van der Waals surface area contributed by atoms with Crippen LogP contribution in [0.5, 0.6) is 5.75 Å². The predicted octanol–water partition coefficient (Wildman–Crippen LogP) is 2.95. The highest BCUT2D eigenvalue weighted by Gasteiger charge is 2.16. The van der Waals surface area contributed by atoms with Crippen LogP contribution in [0, 0.1) is 0 Å². The predicted molar refractivity (Wildman–Crippen MR) is 82.4 cm³/mol. The maximum absolute atomic E-state index is 12.2. The molecular formula is C15H23NO2S. The van der Waals surface area contributed by atoms with E-state index in [2.05, 4.69) is 18.1 Å². The second kappa shape index (κ2) is 8.23. The smallest absolute Gasteiger partial charge is 0.176 e. The number of nitrogens with zero attached hydrogens (tertiary/aromatic N) is 1. The molecular weight excluding hydrogens is 258 g/mol. The standard InChI is InChI=1S/C15H23NO2S/c1-5-13(11-19-4)16(2)10-15(17)12-6-8-14(18-3)9-7-12/h6-9,13H,5,10-11H2,1-4H3. The Kier molecular flexibility index (Phi) is 6.95. The molecule has 0 amide bonds. The van der Waals surface area contributed by atoms with Gasteiger partial charge >= 0.3 is 0 Å². The van der Waals surface area contributed by atoms with Crippen molar-refractivity contribution in [1.29, 1.82) is 0 Å². The lowest BCUT2D eigenvalue weighted by Gasteiger charge is -2.25. The minimum atomic E-state index is 0.157.